The minimum Gasteiger partial charge on any atom is -0.455 e. The molecular formula is C15H16N2O2. The molecule has 0 bridgehead atoms. The van der Waals surface area contributed by atoms with Gasteiger partial charge in [-0.3, -0.25) is 4.79 Å². The predicted molar refractivity (Wildman–Crippen MR) is 72.6 cm³/mol. The smallest absolute Gasteiger partial charge is 0.267 e. The van der Waals surface area contributed by atoms with Crippen molar-refractivity contribution in [2.45, 2.75) is 31.6 Å². The molecule has 0 unspecified atom stereocenters. The van der Waals surface area contributed by atoms with Gasteiger partial charge in [-0.25, -0.2) is 5.10 Å². The average Bonchev–Trinajstić information content (AvgIpc) is 2.93. The minimum atomic E-state index is -0.254. The molecule has 0 spiro atoms. The Balaban J connectivity index is 1.90. The van der Waals surface area contributed by atoms with E-state index in [2.05, 4.69) is 16.3 Å². The van der Waals surface area contributed by atoms with Crippen LogP contribution in [0.3, 0.4) is 0 Å². The number of nitrogens with one attached hydrogen (secondary N) is 1. The number of nitrogens with zero attached hydrogens (tertiary/aromatic N) is 1. The molecule has 1 aromatic carbocycles. The van der Waals surface area contributed by atoms with Crippen LogP contribution in [0.1, 0.15) is 37.2 Å². The molecule has 0 aliphatic heterocycles. The third-order valence-electron chi connectivity index (χ3n) is 3.58. The van der Waals surface area contributed by atoms with Crippen LogP contribution in [0.4, 0.5) is 0 Å². The van der Waals surface area contributed by atoms with Gasteiger partial charge >= 0.3 is 0 Å². The molecule has 1 N–H and O–H groups in total. The maximum Gasteiger partial charge on any atom is 0.267 e. The van der Waals surface area contributed by atoms with Crippen molar-refractivity contribution >= 4 is 0 Å². The van der Waals surface area contributed by atoms with Gasteiger partial charge in [-0.1, -0.05) is 31.0 Å². The van der Waals surface area contributed by atoms with E-state index in [1.807, 2.05) is 18.2 Å². The predicted octanol–water partition coefficient (Wildman–Crippen LogP) is 3.22. The zero-order valence-corrected chi connectivity index (χ0v) is 10.6. The number of benzene rings is 1. The Hall–Kier alpha value is -2.10. The van der Waals surface area contributed by atoms with E-state index in [1.165, 1.54) is 43.5 Å². The van der Waals surface area contributed by atoms with E-state index < -0.39 is 0 Å². The summed E-state index contributed by atoms with van der Waals surface area (Å²) in [4.78, 5) is 11.2. The first-order valence-electron chi connectivity index (χ1n) is 6.64. The molecule has 1 aliphatic rings. The molecular weight excluding hydrogens is 240 g/mol. The van der Waals surface area contributed by atoms with Gasteiger partial charge in [0, 0.05) is 6.07 Å². The van der Waals surface area contributed by atoms with E-state index in [-0.39, 0.29) is 5.56 Å². The van der Waals surface area contributed by atoms with E-state index in [1.54, 1.807) is 0 Å². The Morgan fingerprint density at radius 1 is 1.21 bits per heavy atom. The normalized spacial score (nSPS) is 15.6. The third kappa shape index (κ3) is 2.67. The zero-order chi connectivity index (χ0) is 13.1. The maximum atomic E-state index is 11.2. The molecule has 0 amide bonds. The topological polar surface area (TPSA) is 55.0 Å². The molecule has 1 aliphatic carbocycles. The van der Waals surface area contributed by atoms with Crippen LogP contribution in [0.2, 0.25) is 0 Å². The monoisotopic (exact) mass is 256 g/mol. The molecule has 4 nitrogen and oxygen atoms in total. The number of H-pyrrole nitrogens is 1. The summed E-state index contributed by atoms with van der Waals surface area (Å²) in [5, 5.41) is 6.09. The number of rotatable bonds is 3. The van der Waals surface area contributed by atoms with E-state index >= 15 is 0 Å². The Labute approximate surface area is 111 Å². The van der Waals surface area contributed by atoms with Gasteiger partial charge in [0.1, 0.15) is 5.75 Å². The Morgan fingerprint density at radius 3 is 2.79 bits per heavy atom. The zero-order valence-electron chi connectivity index (χ0n) is 10.6. The van der Waals surface area contributed by atoms with Crippen LogP contribution in [0.25, 0.3) is 0 Å². The maximum absolute atomic E-state index is 11.2. The van der Waals surface area contributed by atoms with Crippen molar-refractivity contribution in [2.75, 3.05) is 0 Å². The highest BCUT2D eigenvalue weighted by Crippen LogP contribution is 2.39. The first-order chi connectivity index (χ1) is 9.33. The molecule has 1 aromatic heterocycles. The molecule has 0 atom stereocenters. The summed E-state index contributed by atoms with van der Waals surface area (Å²) in [7, 11) is 0. The number of hydrogen-bond acceptors (Lipinski definition) is 3. The third-order valence-corrected chi connectivity index (χ3v) is 3.58. The first kappa shape index (κ1) is 12.0. The van der Waals surface area contributed by atoms with Gasteiger partial charge in [0.05, 0.1) is 6.20 Å². The Kier molecular flexibility index (Phi) is 3.31. The van der Waals surface area contributed by atoms with Crippen LogP contribution in [-0.2, 0) is 0 Å². The molecule has 0 radical (unpaired) electrons. The van der Waals surface area contributed by atoms with E-state index in [0.29, 0.717) is 11.7 Å². The molecule has 3 rings (SSSR count). The van der Waals surface area contributed by atoms with Crippen molar-refractivity contribution in [3.63, 3.8) is 0 Å². The van der Waals surface area contributed by atoms with Crippen LogP contribution in [0.15, 0.2) is 41.3 Å². The lowest BCUT2D eigenvalue weighted by Crippen LogP contribution is -2.06. The lowest BCUT2D eigenvalue weighted by molar-refractivity contribution is 0.465. The highest BCUT2D eigenvalue weighted by atomic mass is 16.5. The van der Waals surface area contributed by atoms with Crippen LogP contribution in [-0.4, -0.2) is 10.2 Å². The van der Waals surface area contributed by atoms with E-state index in [9.17, 15) is 4.79 Å². The average molecular weight is 256 g/mol. The second-order valence-electron chi connectivity index (χ2n) is 4.90. The van der Waals surface area contributed by atoms with E-state index in [4.69, 9.17) is 4.74 Å². The summed E-state index contributed by atoms with van der Waals surface area (Å²) in [5.41, 5.74) is 0.983. The molecule has 19 heavy (non-hydrogen) atoms. The molecule has 1 saturated carbocycles. The van der Waals surface area contributed by atoms with Gasteiger partial charge in [0.2, 0.25) is 0 Å². The molecule has 98 valence electrons. The summed E-state index contributed by atoms with van der Waals surface area (Å²) < 4.78 is 5.82. The molecule has 1 fully saturated rings. The largest absolute Gasteiger partial charge is 0.455 e. The SMILES string of the molecule is O=c1cc(Oc2ccccc2C2CCCC2)cn[nH]1. The lowest BCUT2D eigenvalue weighted by atomic mass is 9.97. The highest BCUT2D eigenvalue weighted by Gasteiger charge is 2.20. The van der Waals surface area contributed by atoms with Crippen LogP contribution >= 0.6 is 0 Å². The minimum absolute atomic E-state index is 0.254. The Morgan fingerprint density at radius 2 is 2.00 bits per heavy atom. The number of ether oxygens (including phenoxy) is 1. The van der Waals surface area contributed by atoms with Gasteiger partial charge in [0.25, 0.3) is 5.56 Å². The number of aromatic nitrogens is 2. The number of hydrogen-bond donors (Lipinski definition) is 1. The van der Waals surface area contributed by atoms with Crippen LogP contribution in [0.5, 0.6) is 11.5 Å². The summed E-state index contributed by atoms with van der Waals surface area (Å²) in [6, 6.07) is 9.48. The molecule has 1 heterocycles. The van der Waals surface area contributed by atoms with Gasteiger partial charge in [-0.2, -0.15) is 5.10 Å². The highest BCUT2D eigenvalue weighted by molar-refractivity contribution is 5.39. The molecule has 2 aromatic rings. The fourth-order valence-electron chi connectivity index (χ4n) is 2.69. The van der Waals surface area contributed by atoms with Gasteiger partial charge in [0.15, 0.2) is 5.75 Å². The summed E-state index contributed by atoms with van der Waals surface area (Å²) >= 11 is 0. The van der Waals surface area contributed by atoms with Crippen LogP contribution < -0.4 is 10.3 Å². The van der Waals surface area contributed by atoms with Gasteiger partial charge in [-0.05, 0) is 30.4 Å². The summed E-state index contributed by atoms with van der Waals surface area (Å²) in [6.45, 7) is 0. The first-order valence-corrected chi connectivity index (χ1v) is 6.64. The quantitative estimate of drug-likeness (QED) is 0.917. The summed E-state index contributed by atoms with van der Waals surface area (Å²) in [5.74, 6) is 1.89. The van der Waals surface area contributed by atoms with Crippen molar-refractivity contribution in [3.8, 4) is 11.5 Å². The van der Waals surface area contributed by atoms with Crippen molar-refractivity contribution in [3.05, 3.63) is 52.4 Å². The number of para-hydroxylation sites is 1. The van der Waals surface area contributed by atoms with Crippen molar-refractivity contribution in [1.82, 2.24) is 10.2 Å². The van der Waals surface area contributed by atoms with Crippen molar-refractivity contribution in [2.24, 2.45) is 0 Å². The fourth-order valence-corrected chi connectivity index (χ4v) is 2.69. The van der Waals surface area contributed by atoms with Crippen molar-refractivity contribution < 1.29 is 4.74 Å². The lowest BCUT2D eigenvalue weighted by Gasteiger charge is -2.15. The fraction of sp³-hybridized carbons (Fsp3) is 0.333. The summed E-state index contributed by atoms with van der Waals surface area (Å²) in [6.07, 6.45) is 6.52. The number of aromatic amines is 1. The van der Waals surface area contributed by atoms with Crippen molar-refractivity contribution in [1.29, 1.82) is 0 Å². The Bertz CT molecular complexity index is 615. The van der Waals surface area contributed by atoms with Crippen LogP contribution in [0, 0.1) is 0 Å². The van der Waals surface area contributed by atoms with Gasteiger partial charge < -0.3 is 4.74 Å². The van der Waals surface area contributed by atoms with E-state index in [0.717, 1.165) is 5.75 Å². The molecule has 0 saturated heterocycles. The molecule has 4 heteroatoms. The second-order valence-corrected chi connectivity index (χ2v) is 4.90. The standard InChI is InChI=1S/C15H16N2O2/c18-15-9-12(10-16-17-15)19-14-8-4-3-7-13(14)11-5-1-2-6-11/h3-4,7-11H,1-2,5-6H2,(H,17,18). The van der Waals surface area contributed by atoms with Gasteiger partial charge in [-0.15, -0.1) is 0 Å². The second kappa shape index (κ2) is 5.26.